The van der Waals surface area contributed by atoms with Crippen molar-refractivity contribution in [2.24, 2.45) is 0 Å². The highest BCUT2D eigenvalue weighted by molar-refractivity contribution is 7.92. The van der Waals surface area contributed by atoms with Gasteiger partial charge in [0.05, 0.1) is 12.0 Å². The Kier molecular flexibility index (Phi) is 5.90. The Morgan fingerprint density at radius 1 is 1.18 bits per heavy atom. The van der Waals surface area contributed by atoms with Crippen LogP contribution in [0.25, 0.3) is 0 Å². The van der Waals surface area contributed by atoms with Crippen LogP contribution in [0.4, 0.5) is 11.4 Å². The fourth-order valence-electron chi connectivity index (χ4n) is 3.38. The molecule has 0 radical (unpaired) electrons. The zero-order valence-corrected chi connectivity index (χ0v) is 17.0. The zero-order valence-electron chi connectivity index (χ0n) is 16.2. The molecule has 0 aromatic heterocycles. The number of nitrogens with one attached hydrogen (secondary N) is 1. The largest absolute Gasteiger partial charge is 0.497 e. The lowest BCUT2D eigenvalue weighted by Crippen LogP contribution is -2.37. The number of nitrogens with zero attached hydrogens (tertiary/aromatic N) is 1. The second kappa shape index (κ2) is 8.20. The molecule has 7 nitrogen and oxygen atoms in total. The van der Waals surface area contributed by atoms with Crippen molar-refractivity contribution in [3.05, 3.63) is 47.5 Å². The smallest absolute Gasteiger partial charge is 0.262 e. The summed E-state index contributed by atoms with van der Waals surface area (Å²) in [6.07, 6.45) is 1.60. The molecule has 0 atom stereocenters. The van der Waals surface area contributed by atoms with E-state index in [-0.39, 0.29) is 17.4 Å². The molecule has 8 heteroatoms. The van der Waals surface area contributed by atoms with Crippen molar-refractivity contribution in [3.8, 4) is 5.75 Å². The number of sulfonamides is 1. The van der Waals surface area contributed by atoms with Gasteiger partial charge in [-0.25, -0.2) is 8.42 Å². The normalized spacial score (nSPS) is 13.8. The van der Waals surface area contributed by atoms with E-state index in [0.717, 1.165) is 24.1 Å². The molecule has 1 N–H and O–H groups in total. The van der Waals surface area contributed by atoms with Gasteiger partial charge in [-0.1, -0.05) is 0 Å². The number of fused-ring (bicyclic) bond motifs is 1. The van der Waals surface area contributed by atoms with Crippen LogP contribution in [0.3, 0.4) is 0 Å². The average Bonchev–Trinajstić information content (AvgIpc) is 2.66. The van der Waals surface area contributed by atoms with E-state index in [9.17, 15) is 13.2 Å². The van der Waals surface area contributed by atoms with Crippen molar-refractivity contribution in [2.45, 2.75) is 24.7 Å². The van der Waals surface area contributed by atoms with Crippen LogP contribution in [0.5, 0.6) is 5.75 Å². The van der Waals surface area contributed by atoms with E-state index in [0.29, 0.717) is 23.5 Å². The first-order chi connectivity index (χ1) is 13.4. The van der Waals surface area contributed by atoms with E-state index in [1.54, 1.807) is 42.2 Å². The summed E-state index contributed by atoms with van der Waals surface area (Å²) in [4.78, 5) is 14.1. The number of anilines is 2. The van der Waals surface area contributed by atoms with E-state index in [1.807, 2.05) is 0 Å². The maximum atomic E-state index is 12.8. The fourth-order valence-corrected chi connectivity index (χ4v) is 4.66. The molecule has 0 spiro atoms. The molecule has 28 heavy (non-hydrogen) atoms. The van der Waals surface area contributed by atoms with E-state index in [2.05, 4.69) is 4.72 Å². The topological polar surface area (TPSA) is 84.9 Å². The molecule has 0 unspecified atom stereocenters. The van der Waals surface area contributed by atoms with Crippen molar-refractivity contribution in [1.82, 2.24) is 0 Å². The van der Waals surface area contributed by atoms with E-state index in [1.165, 1.54) is 20.3 Å². The fraction of sp³-hybridized carbons (Fsp3) is 0.350. The van der Waals surface area contributed by atoms with Crippen LogP contribution >= 0.6 is 0 Å². The number of carbonyl (C=O) groups is 1. The zero-order chi connectivity index (χ0) is 20.3. The summed E-state index contributed by atoms with van der Waals surface area (Å²) < 4.78 is 38.3. The minimum atomic E-state index is -3.74. The van der Waals surface area contributed by atoms with Gasteiger partial charge < -0.3 is 14.4 Å². The predicted octanol–water partition coefficient (Wildman–Crippen LogP) is 2.73. The number of carbonyl (C=O) groups excluding carboxylic acids is 1. The summed E-state index contributed by atoms with van der Waals surface area (Å²) in [5, 5.41) is 0. The monoisotopic (exact) mass is 404 g/mol. The highest BCUT2D eigenvalue weighted by Crippen LogP contribution is 2.31. The molecule has 0 aliphatic carbocycles. The maximum Gasteiger partial charge on any atom is 0.262 e. The highest BCUT2D eigenvalue weighted by Gasteiger charge is 2.24. The highest BCUT2D eigenvalue weighted by atomic mass is 32.2. The molecular weight excluding hydrogens is 380 g/mol. The number of hydrogen-bond acceptors (Lipinski definition) is 5. The van der Waals surface area contributed by atoms with Gasteiger partial charge in [0.15, 0.2) is 0 Å². The molecule has 1 amide bonds. The van der Waals surface area contributed by atoms with E-state index in [4.69, 9.17) is 9.47 Å². The standard InChI is InChI=1S/C20H24N2O5S/c1-14-11-17(27-3)7-9-19(14)28(24,25)21-16-6-8-18-15(12-16)5-4-10-22(18)20(23)13-26-2/h6-9,11-12,21H,4-5,10,13H2,1-3H3. The molecule has 0 bridgehead atoms. The summed E-state index contributed by atoms with van der Waals surface area (Å²) in [5.74, 6) is 0.497. The van der Waals surface area contributed by atoms with E-state index >= 15 is 0 Å². The first kappa shape index (κ1) is 20.2. The predicted molar refractivity (Wildman–Crippen MR) is 108 cm³/mol. The molecule has 0 fully saturated rings. The van der Waals surface area contributed by atoms with Gasteiger partial charge in [-0.2, -0.15) is 0 Å². The maximum absolute atomic E-state index is 12.8. The Labute approximate surface area is 165 Å². The number of methoxy groups -OCH3 is 2. The molecule has 1 aliphatic rings. The molecule has 3 rings (SSSR count). The van der Waals surface area contributed by atoms with Crippen molar-refractivity contribution in [2.75, 3.05) is 37.0 Å². The number of hydrogen-bond donors (Lipinski definition) is 1. The van der Waals surface area contributed by atoms with Crippen LogP contribution in [0.2, 0.25) is 0 Å². The van der Waals surface area contributed by atoms with Gasteiger partial charge in [-0.15, -0.1) is 0 Å². The van der Waals surface area contributed by atoms with Gasteiger partial charge in [0.2, 0.25) is 0 Å². The Balaban J connectivity index is 1.86. The molecule has 1 aliphatic heterocycles. The second-order valence-electron chi connectivity index (χ2n) is 6.66. The van der Waals surface area contributed by atoms with Crippen molar-refractivity contribution in [1.29, 1.82) is 0 Å². The number of aryl methyl sites for hydroxylation is 2. The third-order valence-electron chi connectivity index (χ3n) is 4.69. The summed E-state index contributed by atoms with van der Waals surface area (Å²) in [6.45, 7) is 2.37. The Hall–Kier alpha value is -2.58. The van der Waals surface area contributed by atoms with Gasteiger partial charge in [0.25, 0.3) is 15.9 Å². The first-order valence-electron chi connectivity index (χ1n) is 8.95. The van der Waals surface area contributed by atoms with Gasteiger partial charge in [-0.05, 0) is 67.3 Å². The molecule has 0 saturated heterocycles. The van der Waals surface area contributed by atoms with Crippen molar-refractivity contribution < 1.29 is 22.7 Å². The van der Waals surface area contributed by atoms with Crippen LogP contribution in [-0.4, -0.2) is 41.7 Å². The van der Waals surface area contributed by atoms with Gasteiger partial charge >= 0.3 is 0 Å². The molecule has 1 heterocycles. The van der Waals surface area contributed by atoms with Crippen molar-refractivity contribution in [3.63, 3.8) is 0 Å². The third kappa shape index (κ3) is 4.13. The lowest BCUT2D eigenvalue weighted by atomic mass is 10.0. The quantitative estimate of drug-likeness (QED) is 0.800. The Morgan fingerprint density at radius 3 is 2.64 bits per heavy atom. The molecule has 2 aromatic rings. The number of rotatable bonds is 6. The van der Waals surface area contributed by atoms with E-state index < -0.39 is 10.0 Å². The molecule has 0 saturated carbocycles. The lowest BCUT2D eigenvalue weighted by molar-refractivity contribution is -0.122. The third-order valence-corrected chi connectivity index (χ3v) is 6.23. The number of amides is 1. The second-order valence-corrected chi connectivity index (χ2v) is 8.31. The number of benzene rings is 2. The van der Waals surface area contributed by atoms with Crippen LogP contribution in [0.15, 0.2) is 41.3 Å². The minimum Gasteiger partial charge on any atom is -0.497 e. The van der Waals surface area contributed by atoms with Crippen LogP contribution in [0.1, 0.15) is 17.5 Å². The van der Waals surface area contributed by atoms with Crippen LogP contribution in [0, 0.1) is 6.92 Å². The minimum absolute atomic E-state index is 0.0184. The van der Waals surface area contributed by atoms with Gasteiger partial charge in [-0.3, -0.25) is 9.52 Å². The van der Waals surface area contributed by atoms with Crippen molar-refractivity contribution >= 4 is 27.3 Å². The van der Waals surface area contributed by atoms with Gasteiger partial charge in [0, 0.05) is 25.0 Å². The molecule has 150 valence electrons. The number of ether oxygens (including phenoxy) is 2. The molecular formula is C20H24N2O5S. The average molecular weight is 404 g/mol. The summed E-state index contributed by atoms with van der Waals surface area (Å²) >= 11 is 0. The summed E-state index contributed by atoms with van der Waals surface area (Å²) in [5.41, 5.74) is 2.80. The summed E-state index contributed by atoms with van der Waals surface area (Å²) in [7, 11) is -0.716. The molecule has 2 aromatic carbocycles. The first-order valence-corrected chi connectivity index (χ1v) is 10.4. The lowest BCUT2D eigenvalue weighted by Gasteiger charge is -2.29. The van der Waals surface area contributed by atoms with Gasteiger partial charge in [0.1, 0.15) is 12.4 Å². The Bertz CT molecular complexity index is 988. The SMILES string of the molecule is COCC(=O)N1CCCc2cc(NS(=O)(=O)c3ccc(OC)cc3C)ccc21. The van der Waals surface area contributed by atoms with Crippen LogP contribution in [-0.2, 0) is 26.0 Å². The summed E-state index contributed by atoms with van der Waals surface area (Å²) in [6, 6.07) is 10.1. The van der Waals surface area contributed by atoms with Crippen LogP contribution < -0.4 is 14.4 Å². The Morgan fingerprint density at radius 2 is 1.96 bits per heavy atom.